The molecule has 15 heavy (non-hydrogen) atoms. The normalized spacial score (nSPS) is 11.5. The van der Waals surface area contributed by atoms with Crippen molar-refractivity contribution in [3.8, 4) is 0 Å². The van der Waals surface area contributed by atoms with E-state index in [1.54, 1.807) is 0 Å². The number of nitrogens with two attached hydrogens (primary N) is 1. The van der Waals surface area contributed by atoms with Crippen LogP contribution >= 0.6 is 0 Å². The van der Waals surface area contributed by atoms with Gasteiger partial charge in [-0.05, 0) is 12.1 Å². The minimum Gasteiger partial charge on any atom is -0.478 e. The molecule has 0 saturated heterocycles. The molecule has 0 aromatic heterocycles. The highest BCUT2D eigenvalue weighted by molar-refractivity contribution is 5.90. The van der Waals surface area contributed by atoms with Gasteiger partial charge in [0.1, 0.15) is 5.82 Å². The fraction of sp³-hybridized carbons (Fsp3) is 0.125. The van der Waals surface area contributed by atoms with Gasteiger partial charge in [-0.15, -0.1) is 0 Å². The van der Waals surface area contributed by atoms with E-state index in [4.69, 9.17) is 10.8 Å². The predicted molar refractivity (Wildman–Crippen MR) is 42.8 cm³/mol. The minimum atomic E-state index is -4.93. The molecular formula is C8H5F4NO2. The van der Waals surface area contributed by atoms with E-state index in [-0.39, 0.29) is 6.07 Å². The summed E-state index contributed by atoms with van der Waals surface area (Å²) in [6, 6.07) is 0.513. The second kappa shape index (κ2) is 3.41. The third-order valence-corrected chi connectivity index (χ3v) is 1.67. The topological polar surface area (TPSA) is 63.3 Å². The molecule has 0 saturated carbocycles. The fourth-order valence-electron chi connectivity index (χ4n) is 1.00. The van der Waals surface area contributed by atoms with Crippen molar-refractivity contribution in [1.29, 1.82) is 0 Å². The molecule has 1 aromatic carbocycles. The lowest BCUT2D eigenvalue weighted by Crippen LogP contribution is -2.14. The third kappa shape index (κ3) is 2.17. The SMILES string of the molecule is Nc1cc(C(=O)O)c(C(F)(F)F)cc1F. The monoisotopic (exact) mass is 223 g/mol. The minimum absolute atomic E-state index is 0.0682. The number of alkyl halides is 3. The van der Waals surface area contributed by atoms with Crippen molar-refractivity contribution in [1.82, 2.24) is 0 Å². The van der Waals surface area contributed by atoms with Crippen molar-refractivity contribution in [2.75, 3.05) is 5.73 Å². The summed E-state index contributed by atoms with van der Waals surface area (Å²) in [5.41, 5.74) is 1.70. The van der Waals surface area contributed by atoms with Crippen molar-refractivity contribution < 1.29 is 27.5 Å². The highest BCUT2D eigenvalue weighted by Gasteiger charge is 2.36. The maximum absolute atomic E-state index is 12.7. The number of hydrogen-bond acceptors (Lipinski definition) is 2. The zero-order valence-corrected chi connectivity index (χ0v) is 7.10. The summed E-state index contributed by atoms with van der Waals surface area (Å²) in [5.74, 6) is -3.11. The molecular weight excluding hydrogens is 218 g/mol. The average molecular weight is 223 g/mol. The first-order valence-corrected chi connectivity index (χ1v) is 3.63. The third-order valence-electron chi connectivity index (χ3n) is 1.67. The van der Waals surface area contributed by atoms with Gasteiger partial charge in [0.25, 0.3) is 0 Å². The molecule has 1 rings (SSSR count). The molecule has 0 radical (unpaired) electrons. The van der Waals surface area contributed by atoms with Crippen LogP contribution in [-0.2, 0) is 6.18 Å². The summed E-state index contributed by atoms with van der Waals surface area (Å²) in [6.07, 6.45) is -4.93. The predicted octanol–water partition coefficient (Wildman–Crippen LogP) is 2.12. The van der Waals surface area contributed by atoms with Crippen LogP contribution in [0.3, 0.4) is 0 Å². The summed E-state index contributed by atoms with van der Waals surface area (Å²) in [4.78, 5) is 10.5. The first-order valence-electron chi connectivity index (χ1n) is 3.63. The van der Waals surface area contributed by atoms with E-state index in [1.807, 2.05) is 0 Å². The summed E-state index contributed by atoms with van der Waals surface area (Å²) >= 11 is 0. The maximum Gasteiger partial charge on any atom is 0.417 e. The summed E-state index contributed by atoms with van der Waals surface area (Å²) in [6.45, 7) is 0. The molecule has 3 nitrogen and oxygen atoms in total. The Morgan fingerprint density at radius 3 is 2.27 bits per heavy atom. The number of benzene rings is 1. The molecule has 0 unspecified atom stereocenters. The lowest BCUT2D eigenvalue weighted by Gasteiger charge is -2.11. The number of halogens is 4. The maximum atomic E-state index is 12.7. The Balaban J connectivity index is 3.49. The Hall–Kier alpha value is -1.79. The Morgan fingerprint density at radius 2 is 1.87 bits per heavy atom. The van der Waals surface area contributed by atoms with E-state index in [0.717, 1.165) is 0 Å². The van der Waals surface area contributed by atoms with Gasteiger partial charge in [-0.2, -0.15) is 13.2 Å². The molecule has 0 heterocycles. The summed E-state index contributed by atoms with van der Waals surface area (Å²) in [7, 11) is 0. The molecule has 1 aromatic rings. The van der Waals surface area contributed by atoms with Crippen molar-refractivity contribution >= 4 is 11.7 Å². The van der Waals surface area contributed by atoms with Crippen LogP contribution in [0.1, 0.15) is 15.9 Å². The van der Waals surface area contributed by atoms with E-state index in [2.05, 4.69) is 0 Å². The Labute approximate surface area is 81.1 Å². The van der Waals surface area contributed by atoms with Gasteiger partial charge in [0.15, 0.2) is 0 Å². The molecule has 0 atom stereocenters. The molecule has 0 spiro atoms. The largest absolute Gasteiger partial charge is 0.478 e. The van der Waals surface area contributed by atoms with Gasteiger partial charge >= 0.3 is 12.1 Å². The number of hydrogen-bond donors (Lipinski definition) is 2. The van der Waals surface area contributed by atoms with Crippen molar-refractivity contribution in [3.05, 3.63) is 29.1 Å². The molecule has 0 aliphatic carbocycles. The molecule has 0 aliphatic heterocycles. The Kier molecular flexibility index (Phi) is 2.57. The van der Waals surface area contributed by atoms with E-state index >= 15 is 0 Å². The van der Waals surface area contributed by atoms with E-state index in [9.17, 15) is 22.4 Å². The highest BCUT2D eigenvalue weighted by Crippen LogP contribution is 2.34. The smallest absolute Gasteiger partial charge is 0.417 e. The van der Waals surface area contributed by atoms with Crippen LogP contribution in [0.5, 0.6) is 0 Å². The number of anilines is 1. The number of rotatable bonds is 1. The summed E-state index contributed by atoms with van der Waals surface area (Å²) in [5, 5.41) is 8.47. The van der Waals surface area contributed by atoms with Gasteiger partial charge in [0.2, 0.25) is 0 Å². The lowest BCUT2D eigenvalue weighted by atomic mass is 10.1. The average Bonchev–Trinajstić information content (AvgIpc) is 2.06. The molecule has 0 bridgehead atoms. The molecule has 0 amide bonds. The highest BCUT2D eigenvalue weighted by atomic mass is 19.4. The number of carbonyl (C=O) groups is 1. The van der Waals surface area contributed by atoms with Gasteiger partial charge in [0.05, 0.1) is 16.8 Å². The van der Waals surface area contributed by atoms with Crippen molar-refractivity contribution in [3.63, 3.8) is 0 Å². The van der Waals surface area contributed by atoms with Crippen molar-refractivity contribution in [2.45, 2.75) is 6.18 Å². The molecule has 0 fully saturated rings. The first-order chi connectivity index (χ1) is 6.73. The Bertz CT molecular complexity index is 414. The van der Waals surface area contributed by atoms with Crippen LogP contribution in [0, 0.1) is 5.82 Å². The van der Waals surface area contributed by atoms with Crippen LogP contribution in [0.25, 0.3) is 0 Å². The molecule has 3 N–H and O–H groups in total. The lowest BCUT2D eigenvalue weighted by molar-refractivity contribution is -0.138. The van der Waals surface area contributed by atoms with Gasteiger partial charge in [-0.1, -0.05) is 0 Å². The first kappa shape index (κ1) is 11.3. The standard InChI is InChI=1S/C8H5F4NO2/c9-5-2-4(8(10,11)12)3(7(14)15)1-6(5)13/h1-2H,13H2,(H,14,15). The number of nitrogen functional groups attached to an aromatic ring is 1. The zero-order valence-electron chi connectivity index (χ0n) is 7.10. The van der Waals surface area contributed by atoms with Gasteiger partial charge in [-0.25, -0.2) is 9.18 Å². The van der Waals surface area contributed by atoms with Gasteiger partial charge < -0.3 is 10.8 Å². The van der Waals surface area contributed by atoms with Crippen LogP contribution < -0.4 is 5.73 Å². The van der Waals surface area contributed by atoms with Gasteiger partial charge in [0, 0.05) is 0 Å². The van der Waals surface area contributed by atoms with E-state index in [1.165, 1.54) is 0 Å². The van der Waals surface area contributed by atoms with Crippen LogP contribution in [0.15, 0.2) is 12.1 Å². The fourth-order valence-corrected chi connectivity index (χ4v) is 1.00. The second-order valence-corrected chi connectivity index (χ2v) is 2.72. The number of carboxylic acid groups (broad SMARTS) is 1. The Morgan fingerprint density at radius 1 is 1.33 bits per heavy atom. The molecule has 7 heteroatoms. The summed E-state index contributed by atoms with van der Waals surface area (Å²) < 4.78 is 49.5. The molecule has 0 aliphatic rings. The molecule has 82 valence electrons. The van der Waals surface area contributed by atoms with Crippen LogP contribution in [0.2, 0.25) is 0 Å². The number of aromatic carboxylic acids is 1. The van der Waals surface area contributed by atoms with E-state index < -0.39 is 34.8 Å². The van der Waals surface area contributed by atoms with Gasteiger partial charge in [-0.3, -0.25) is 0 Å². The zero-order chi connectivity index (χ0) is 11.8. The quantitative estimate of drug-likeness (QED) is 0.566. The van der Waals surface area contributed by atoms with Crippen molar-refractivity contribution in [2.24, 2.45) is 0 Å². The number of carboxylic acids is 1. The van der Waals surface area contributed by atoms with Crippen LogP contribution in [-0.4, -0.2) is 11.1 Å². The van der Waals surface area contributed by atoms with Crippen LogP contribution in [0.4, 0.5) is 23.2 Å². The second-order valence-electron chi connectivity index (χ2n) is 2.72. The van der Waals surface area contributed by atoms with E-state index in [0.29, 0.717) is 6.07 Å².